The molecule has 0 aliphatic carbocycles. The van der Waals surface area contributed by atoms with Gasteiger partial charge in [-0.05, 0) is 55.7 Å². The zero-order chi connectivity index (χ0) is 25.2. The predicted molar refractivity (Wildman–Crippen MR) is 127 cm³/mol. The van der Waals surface area contributed by atoms with Gasteiger partial charge in [-0.2, -0.15) is 18.3 Å². The lowest BCUT2D eigenvalue weighted by Gasteiger charge is -2.26. The highest BCUT2D eigenvalue weighted by molar-refractivity contribution is 5.99. The van der Waals surface area contributed by atoms with E-state index in [-0.39, 0.29) is 13.0 Å². The lowest BCUT2D eigenvalue weighted by molar-refractivity contribution is -0.141. The smallest absolute Gasteiger partial charge is 0.378 e. The Morgan fingerprint density at radius 1 is 1.11 bits per heavy atom. The summed E-state index contributed by atoms with van der Waals surface area (Å²) in [5.74, 6) is -0.532. The van der Waals surface area contributed by atoms with Crippen LogP contribution in [0.1, 0.15) is 35.5 Å². The summed E-state index contributed by atoms with van der Waals surface area (Å²) in [5.41, 5.74) is 2.33. The minimum atomic E-state index is -4.52. The van der Waals surface area contributed by atoms with Crippen molar-refractivity contribution in [2.75, 3.05) is 11.4 Å². The molecule has 0 bridgehead atoms. The van der Waals surface area contributed by atoms with Crippen LogP contribution in [0, 0.1) is 6.92 Å². The Balaban J connectivity index is 1.66. The van der Waals surface area contributed by atoms with E-state index in [0.29, 0.717) is 23.4 Å². The van der Waals surface area contributed by atoms with Gasteiger partial charge < -0.3 is 10.0 Å². The van der Waals surface area contributed by atoms with E-state index in [9.17, 15) is 23.1 Å². The number of alkyl halides is 3. The number of halogens is 3. The lowest BCUT2D eigenvalue weighted by Crippen LogP contribution is -2.37. The summed E-state index contributed by atoms with van der Waals surface area (Å²) in [6.07, 6.45) is -4.49. The van der Waals surface area contributed by atoms with E-state index in [2.05, 4.69) is 10.1 Å². The van der Waals surface area contributed by atoms with Crippen LogP contribution in [-0.2, 0) is 23.9 Å². The molecule has 0 saturated heterocycles. The number of rotatable bonds is 7. The molecule has 0 unspecified atom stereocenters. The van der Waals surface area contributed by atoms with Crippen LogP contribution < -0.4 is 4.90 Å². The molecule has 0 aliphatic heterocycles. The minimum Gasteiger partial charge on any atom is -0.378 e. The first-order valence-corrected chi connectivity index (χ1v) is 11.2. The average molecular weight is 483 g/mol. The van der Waals surface area contributed by atoms with E-state index in [1.165, 1.54) is 11.0 Å². The van der Waals surface area contributed by atoms with Crippen molar-refractivity contribution in [3.63, 3.8) is 0 Å². The van der Waals surface area contributed by atoms with Crippen LogP contribution >= 0.6 is 0 Å². The van der Waals surface area contributed by atoms with Gasteiger partial charge in [-0.15, -0.1) is 0 Å². The highest BCUT2D eigenvalue weighted by Gasteiger charge is 2.32. The van der Waals surface area contributed by atoms with Crippen LogP contribution in [0.25, 0.3) is 10.9 Å². The number of hydrogen-bond acceptors (Lipinski definition) is 4. The number of fused-ring (bicyclic) bond motifs is 1. The molecule has 182 valence electrons. The molecule has 0 aliphatic rings. The van der Waals surface area contributed by atoms with E-state index in [4.69, 9.17) is 0 Å². The molecule has 0 saturated carbocycles. The van der Waals surface area contributed by atoms with Crippen LogP contribution in [0.3, 0.4) is 0 Å². The topological polar surface area (TPSA) is 71.2 Å². The Morgan fingerprint density at radius 3 is 2.49 bits per heavy atom. The molecule has 4 aromatic rings. The van der Waals surface area contributed by atoms with Gasteiger partial charge in [0.05, 0.1) is 11.2 Å². The van der Waals surface area contributed by atoms with Gasteiger partial charge in [0.15, 0.2) is 6.10 Å². The standard InChI is InChI=1S/C26H25F3N4O2/c1-3-33-22-11-10-20(15-21(22)17(2)31-33)32(25(35)24(34)19-7-5-4-6-8-19)14-13-18-9-12-23(30-16-18)26(27,28)29/h4-12,15-16,24,34H,3,13-14H2,1-2H3/t24-/m0/s1. The molecule has 1 N–H and O–H groups in total. The normalized spacial score (nSPS) is 12.6. The van der Waals surface area contributed by atoms with Gasteiger partial charge in [-0.3, -0.25) is 14.5 Å². The third-order valence-electron chi connectivity index (χ3n) is 5.88. The zero-order valence-corrected chi connectivity index (χ0v) is 19.3. The molecule has 0 radical (unpaired) electrons. The second kappa shape index (κ2) is 9.87. The fraction of sp³-hybridized carbons (Fsp3) is 0.269. The molecule has 2 aromatic heterocycles. The third kappa shape index (κ3) is 5.19. The van der Waals surface area contributed by atoms with Crippen molar-refractivity contribution in [2.45, 2.75) is 39.1 Å². The maximum atomic E-state index is 13.4. The molecule has 4 rings (SSSR count). The van der Waals surface area contributed by atoms with Crippen molar-refractivity contribution in [2.24, 2.45) is 0 Å². The van der Waals surface area contributed by atoms with Crippen molar-refractivity contribution in [3.05, 3.63) is 89.4 Å². The van der Waals surface area contributed by atoms with E-state index in [0.717, 1.165) is 28.9 Å². The van der Waals surface area contributed by atoms with E-state index >= 15 is 0 Å². The first-order valence-electron chi connectivity index (χ1n) is 11.2. The number of carbonyl (C=O) groups excluding carboxylic acids is 1. The second-order valence-electron chi connectivity index (χ2n) is 8.21. The molecule has 1 atom stereocenters. The number of anilines is 1. The number of aliphatic hydroxyl groups excluding tert-OH is 1. The Hall–Kier alpha value is -3.72. The Morgan fingerprint density at radius 2 is 1.86 bits per heavy atom. The highest BCUT2D eigenvalue weighted by atomic mass is 19.4. The average Bonchev–Trinajstić information content (AvgIpc) is 3.19. The predicted octanol–water partition coefficient (Wildman–Crippen LogP) is 5.09. The van der Waals surface area contributed by atoms with Gasteiger partial charge in [-0.25, -0.2) is 0 Å². The minimum absolute atomic E-state index is 0.141. The molecule has 2 aromatic carbocycles. The molecular weight excluding hydrogens is 457 g/mol. The Labute approximate surface area is 200 Å². The fourth-order valence-electron chi connectivity index (χ4n) is 4.01. The summed E-state index contributed by atoms with van der Waals surface area (Å²) < 4.78 is 40.4. The van der Waals surface area contributed by atoms with Gasteiger partial charge in [0.2, 0.25) is 0 Å². The van der Waals surface area contributed by atoms with E-state index in [1.54, 1.807) is 36.4 Å². The van der Waals surface area contributed by atoms with Crippen LogP contribution in [0.15, 0.2) is 66.9 Å². The fourth-order valence-corrected chi connectivity index (χ4v) is 4.01. The van der Waals surface area contributed by atoms with E-state index in [1.807, 2.05) is 30.7 Å². The van der Waals surface area contributed by atoms with Crippen molar-refractivity contribution in [1.29, 1.82) is 0 Å². The maximum absolute atomic E-state index is 13.4. The first kappa shape index (κ1) is 24.4. The molecule has 9 heteroatoms. The highest BCUT2D eigenvalue weighted by Crippen LogP contribution is 2.29. The zero-order valence-electron chi connectivity index (χ0n) is 19.3. The van der Waals surface area contributed by atoms with Crippen LogP contribution in [-0.4, -0.2) is 32.3 Å². The van der Waals surface area contributed by atoms with Gasteiger partial charge in [-0.1, -0.05) is 36.4 Å². The third-order valence-corrected chi connectivity index (χ3v) is 5.88. The van der Waals surface area contributed by atoms with Crippen molar-refractivity contribution >= 4 is 22.5 Å². The number of amides is 1. The Bertz CT molecular complexity index is 1320. The largest absolute Gasteiger partial charge is 0.433 e. The van der Waals surface area contributed by atoms with Crippen LogP contribution in [0.4, 0.5) is 18.9 Å². The molecule has 1 amide bonds. The number of aromatic nitrogens is 3. The summed E-state index contributed by atoms with van der Waals surface area (Å²) in [6.45, 7) is 4.71. The monoisotopic (exact) mass is 482 g/mol. The van der Waals surface area contributed by atoms with Gasteiger partial charge >= 0.3 is 6.18 Å². The van der Waals surface area contributed by atoms with Crippen molar-refractivity contribution in [3.8, 4) is 0 Å². The van der Waals surface area contributed by atoms with Gasteiger partial charge in [0, 0.05) is 30.4 Å². The number of aryl methyl sites for hydroxylation is 2. The summed E-state index contributed by atoms with van der Waals surface area (Å²) in [5, 5.41) is 16.2. The first-order chi connectivity index (χ1) is 16.7. The molecule has 6 nitrogen and oxygen atoms in total. The molecule has 2 heterocycles. The van der Waals surface area contributed by atoms with Gasteiger partial charge in [0.25, 0.3) is 5.91 Å². The van der Waals surface area contributed by atoms with Gasteiger partial charge in [0.1, 0.15) is 5.69 Å². The Kier molecular flexibility index (Phi) is 6.88. The van der Waals surface area contributed by atoms with Crippen LogP contribution in [0.2, 0.25) is 0 Å². The summed E-state index contributed by atoms with van der Waals surface area (Å²) in [7, 11) is 0. The lowest BCUT2D eigenvalue weighted by atomic mass is 10.1. The number of aliphatic hydroxyl groups is 1. The molecule has 35 heavy (non-hydrogen) atoms. The number of hydrogen-bond donors (Lipinski definition) is 1. The SMILES string of the molecule is CCn1nc(C)c2cc(N(CCc3ccc(C(F)(F)F)nc3)C(=O)[C@@H](O)c3ccccc3)ccc21. The molecule has 0 fully saturated rings. The van der Waals surface area contributed by atoms with Crippen LogP contribution in [0.5, 0.6) is 0 Å². The number of benzene rings is 2. The summed E-state index contributed by atoms with van der Waals surface area (Å²) in [6, 6.07) is 16.4. The molecular formula is C26H25F3N4O2. The maximum Gasteiger partial charge on any atom is 0.433 e. The molecule has 0 spiro atoms. The van der Waals surface area contributed by atoms with Crippen molar-refractivity contribution in [1.82, 2.24) is 14.8 Å². The second-order valence-corrected chi connectivity index (χ2v) is 8.21. The van der Waals surface area contributed by atoms with E-state index < -0.39 is 23.9 Å². The van der Waals surface area contributed by atoms with Crippen molar-refractivity contribution < 1.29 is 23.1 Å². The number of nitrogens with zero attached hydrogens (tertiary/aromatic N) is 4. The number of carbonyl (C=O) groups is 1. The number of pyridine rings is 1. The quantitative estimate of drug-likeness (QED) is 0.399. The summed E-state index contributed by atoms with van der Waals surface area (Å²) >= 11 is 0. The summed E-state index contributed by atoms with van der Waals surface area (Å²) in [4.78, 5) is 18.4.